The SMILES string of the molecule is CC(C)(CNC(=O)c1ccccc1O)N=Cc1cccc(O)c1O. The maximum atomic E-state index is 12.1. The zero-order chi connectivity index (χ0) is 17.7. The number of aromatic hydroxyl groups is 3. The van der Waals surface area contributed by atoms with Crippen molar-refractivity contribution in [2.75, 3.05) is 6.54 Å². The third kappa shape index (κ3) is 4.25. The molecule has 0 unspecified atom stereocenters. The molecule has 2 aromatic carbocycles. The minimum absolute atomic E-state index is 0.0824. The molecule has 6 nitrogen and oxygen atoms in total. The lowest BCUT2D eigenvalue weighted by Crippen LogP contribution is -2.37. The van der Waals surface area contributed by atoms with Crippen LogP contribution in [0.3, 0.4) is 0 Å². The zero-order valence-corrected chi connectivity index (χ0v) is 13.5. The molecule has 0 saturated carbocycles. The molecule has 126 valence electrons. The molecule has 2 rings (SSSR count). The van der Waals surface area contributed by atoms with Gasteiger partial charge in [0.1, 0.15) is 5.75 Å². The number of aliphatic imine (C=N–C) groups is 1. The average molecular weight is 328 g/mol. The fourth-order valence-corrected chi connectivity index (χ4v) is 2.00. The van der Waals surface area contributed by atoms with Crippen molar-refractivity contribution in [3.8, 4) is 17.2 Å². The molecule has 4 N–H and O–H groups in total. The topological polar surface area (TPSA) is 102 Å². The highest BCUT2D eigenvalue weighted by Crippen LogP contribution is 2.27. The lowest BCUT2D eigenvalue weighted by atomic mass is 10.1. The smallest absolute Gasteiger partial charge is 0.255 e. The summed E-state index contributed by atoms with van der Waals surface area (Å²) < 4.78 is 0. The number of carbonyl (C=O) groups is 1. The molecule has 6 heteroatoms. The molecule has 0 aromatic heterocycles. The predicted octanol–water partition coefficient (Wildman–Crippen LogP) is 2.43. The van der Waals surface area contributed by atoms with Crippen LogP contribution in [0.15, 0.2) is 47.5 Å². The summed E-state index contributed by atoms with van der Waals surface area (Å²) >= 11 is 0. The van der Waals surface area contributed by atoms with Gasteiger partial charge < -0.3 is 20.6 Å². The summed E-state index contributed by atoms with van der Waals surface area (Å²) in [4.78, 5) is 16.4. The van der Waals surface area contributed by atoms with Crippen LogP contribution in [0.5, 0.6) is 17.2 Å². The van der Waals surface area contributed by atoms with E-state index in [0.717, 1.165) is 0 Å². The number of benzene rings is 2. The van der Waals surface area contributed by atoms with Crippen LogP contribution in [0, 0.1) is 0 Å². The quantitative estimate of drug-likeness (QED) is 0.500. The predicted molar refractivity (Wildman–Crippen MR) is 91.9 cm³/mol. The van der Waals surface area contributed by atoms with E-state index in [2.05, 4.69) is 10.3 Å². The van der Waals surface area contributed by atoms with E-state index in [9.17, 15) is 20.1 Å². The molecule has 0 bridgehead atoms. The second-order valence-electron chi connectivity index (χ2n) is 5.99. The summed E-state index contributed by atoms with van der Waals surface area (Å²) in [5.74, 6) is -0.933. The molecule has 0 aliphatic heterocycles. The van der Waals surface area contributed by atoms with Gasteiger partial charge in [0.25, 0.3) is 5.91 Å². The van der Waals surface area contributed by atoms with E-state index in [1.807, 2.05) is 13.8 Å². The van der Waals surface area contributed by atoms with Crippen molar-refractivity contribution >= 4 is 12.1 Å². The van der Waals surface area contributed by atoms with Crippen molar-refractivity contribution in [1.82, 2.24) is 5.32 Å². The zero-order valence-electron chi connectivity index (χ0n) is 13.5. The van der Waals surface area contributed by atoms with Crippen molar-refractivity contribution in [2.24, 2.45) is 4.99 Å². The standard InChI is InChI=1S/C18H20N2O4/c1-18(2,20-10-12-6-5-9-15(22)16(12)23)11-19-17(24)13-7-3-4-8-14(13)21/h3-10,21-23H,11H2,1-2H3,(H,19,24). The van der Waals surface area contributed by atoms with Gasteiger partial charge in [0.2, 0.25) is 0 Å². The van der Waals surface area contributed by atoms with E-state index in [1.54, 1.807) is 24.3 Å². The lowest BCUT2D eigenvalue weighted by Gasteiger charge is -2.20. The van der Waals surface area contributed by atoms with E-state index < -0.39 is 11.4 Å². The number of hydrogen-bond donors (Lipinski definition) is 4. The van der Waals surface area contributed by atoms with Gasteiger partial charge in [0.15, 0.2) is 11.5 Å². The molecule has 0 atom stereocenters. The number of nitrogens with one attached hydrogen (secondary N) is 1. The van der Waals surface area contributed by atoms with Crippen molar-refractivity contribution in [1.29, 1.82) is 0 Å². The minimum atomic E-state index is -0.641. The Morgan fingerprint density at radius 1 is 1.08 bits per heavy atom. The first-order valence-corrected chi connectivity index (χ1v) is 7.42. The molecule has 0 radical (unpaired) electrons. The number of amides is 1. The Hall–Kier alpha value is -3.02. The molecule has 0 spiro atoms. The number of carbonyl (C=O) groups excluding carboxylic acids is 1. The first-order valence-electron chi connectivity index (χ1n) is 7.42. The van der Waals surface area contributed by atoms with Gasteiger partial charge in [0, 0.05) is 18.3 Å². The Bertz CT molecular complexity index is 769. The van der Waals surface area contributed by atoms with Crippen LogP contribution in [0.4, 0.5) is 0 Å². The summed E-state index contributed by atoms with van der Waals surface area (Å²) in [7, 11) is 0. The Morgan fingerprint density at radius 2 is 1.75 bits per heavy atom. The normalized spacial score (nSPS) is 11.6. The molecule has 24 heavy (non-hydrogen) atoms. The van der Waals surface area contributed by atoms with Crippen LogP contribution in [-0.2, 0) is 0 Å². The second kappa shape index (κ2) is 7.04. The first-order chi connectivity index (χ1) is 11.3. The van der Waals surface area contributed by atoms with Gasteiger partial charge in [-0.3, -0.25) is 9.79 Å². The highest BCUT2D eigenvalue weighted by Gasteiger charge is 2.18. The number of phenolic OH excluding ortho intramolecular Hbond substituents is 3. The highest BCUT2D eigenvalue weighted by molar-refractivity contribution is 5.96. The van der Waals surface area contributed by atoms with Gasteiger partial charge in [-0.1, -0.05) is 18.2 Å². The van der Waals surface area contributed by atoms with Crippen LogP contribution >= 0.6 is 0 Å². The molecular weight excluding hydrogens is 308 g/mol. The summed E-state index contributed by atoms with van der Waals surface area (Å²) in [5, 5.41) is 31.6. The van der Waals surface area contributed by atoms with Gasteiger partial charge in [-0.25, -0.2) is 0 Å². The van der Waals surface area contributed by atoms with E-state index >= 15 is 0 Å². The van der Waals surface area contributed by atoms with Crippen LogP contribution < -0.4 is 5.32 Å². The highest BCUT2D eigenvalue weighted by atomic mass is 16.3. The first kappa shape index (κ1) is 17.3. The molecular formula is C18H20N2O4. The van der Waals surface area contributed by atoms with Crippen LogP contribution in [0.1, 0.15) is 29.8 Å². The number of hydrogen-bond acceptors (Lipinski definition) is 5. The summed E-state index contributed by atoms with van der Waals surface area (Å²) in [5.41, 5.74) is -0.0594. The van der Waals surface area contributed by atoms with E-state index in [-0.39, 0.29) is 29.4 Å². The van der Waals surface area contributed by atoms with E-state index in [0.29, 0.717) is 5.56 Å². The fourth-order valence-electron chi connectivity index (χ4n) is 2.00. The number of rotatable bonds is 5. The maximum Gasteiger partial charge on any atom is 0.255 e. The molecule has 0 fully saturated rings. The lowest BCUT2D eigenvalue weighted by molar-refractivity contribution is 0.0943. The molecule has 0 heterocycles. The third-order valence-electron chi connectivity index (χ3n) is 3.43. The Balaban J connectivity index is 2.03. The second-order valence-corrected chi connectivity index (χ2v) is 5.99. The Kier molecular flexibility index (Phi) is 5.08. The average Bonchev–Trinajstić information content (AvgIpc) is 2.55. The molecule has 0 aliphatic rings. The molecule has 1 amide bonds. The minimum Gasteiger partial charge on any atom is -0.507 e. The Labute approximate surface area is 140 Å². The van der Waals surface area contributed by atoms with E-state index in [4.69, 9.17) is 0 Å². The number of nitrogens with zero attached hydrogens (tertiary/aromatic N) is 1. The van der Waals surface area contributed by atoms with Gasteiger partial charge in [-0.2, -0.15) is 0 Å². The Morgan fingerprint density at radius 3 is 2.46 bits per heavy atom. The third-order valence-corrected chi connectivity index (χ3v) is 3.43. The van der Waals surface area contributed by atoms with Gasteiger partial charge in [-0.05, 0) is 38.1 Å². The van der Waals surface area contributed by atoms with Crippen molar-refractivity contribution in [3.05, 3.63) is 53.6 Å². The van der Waals surface area contributed by atoms with Crippen molar-refractivity contribution in [2.45, 2.75) is 19.4 Å². The number of para-hydroxylation sites is 2. The summed E-state index contributed by atoms with van der Waals surface area (Å²) in [6.45, 7) is 3.86. The number of phenols is 3. The summed E-state index contributed by atoms with van der Waals surface area (Å²) in [6, 6.07) is 10.9. The van der Waals surface area contributed by atoms with Crippen LogP contribution in [0.25, 0.3) is 0 Å². The molecule has 0 saturated heterocycles. The largest absolute Gasteiger partial charge is 0.507 e. The molecule has 2 aromatic rings. The van der Waals surface area contributed by atoms with Gasteiger partial charge in [0.05, 0.1) is 11.1 Å². The van der Waals surface area contributed by atoms with Crippen LogP contribution in [0.2, 0.25) is 0 Å². The fraction of sp³-hybridized carbons (Fsp3) is 0.222. The van der Waals surface area contributed by atoms with Crippen molar-refractivity contribution < 1.29 is 20.1 Å². The summed E-state index contributed by atoms with van der Waals surface area (Å²) in [6.07, 6.45) is 1.45. The molecule has 0 aliphatic carbocycles. The van der Waals surface area contributed by atoms with Crippen LogP contribution in [-0.4, -0.2) is 39.5 Å². The van der Waals surface area contributed by atoms with Gasteiger partial charge in [-0.15, -0.1) is 0 Å². The van der Waals surface area contributed by atoms with Crippen molar-refractivity contribution in [3.63, 3.8) is 0 Å². The van der Waals surface area contributed by atoms with E-state index in [1.165, 1.54) is 24.4 Å². The maximum absolute atomic E-state index is 12.1. The monoisotopic (exact) mass is 328 g/mol. The van der Waals surface area contributed by atoms with Gasteiger partial charge >= 0.3 is 0 Å².